The van der Waals surface area contributed by atoms with Crippen molar-refractivity contribution in [2.24, 2.45) is 0 Å². The number of aryl methyl sites for hydroxylation is 1. The third-order valence-corrected chi connectivity index (χ3v) is 9.79. The standard InChI is InChI=1S/C28H32N2O5S2/c1-21-9-11-24(12-10-21)37(32,33)29(18-23-8-5-16-34-23)19-28(31)30-15-13-27-25(14-17-36-27)26(30)20-35-22-6-3-2-4-7-22/h2-4,6-7,9-12,14,17,23,26H,5,8,13,15-16,18-20H2,1H3. The molecule has 1 aromatic heterocycles. The van der Waals surface area contributed by atoms with Crippen molar-refractivity contribution in [1.29, 1.82) is 0 Å². The molecule has 2 aromatic carbocycles. The van der Waals surface area contributed by atoms with Crippen LogP contribution in [0.15, 0.2) is 70.9 Å². The van der Waals surface area contributed by atoms with Crippen molar-refractivity contribution in [3.05, 3.63) is 82.0 Å². The Labute approximate surface area is 222 Å². The topological polar surface area (TPSA) is 76.2 Å². The Hall–Kier alpha value is -2.72. The molecular weight excluding hydrogens is 508 g/mol. The van der Waals surface area contributed by atoms with Gasteiger partial charge in [-0.15, -0.1) is 11.3 Å². The highest BCUT2D eigenvalue weighted by atomic mass is 32.2. The zero-order chi connectivity index (χ0) is 25.8. The number of nitrogens with zero attached hydrogens (tertiary/aromatic N) is 2. The second-order valence-corrected chi connectivity index (χ2v) is 12.5. The Morgan fingerprint density at radius 1 is 1.14 bits per heavy atom. The first-order valence-electron chi connectivity index (χ1n) is 12.6. The second-order valence-electron chi connectivity index (χ2n) is 9.52. The fourth-order valence-corrected chi connectivity index (χ4v) is 7.28. The molecule has 0 aliphatic carbocycles. The van der Waals surface area contributed by atoms with Crippen LogP contribution in [-0.2, 0) is 26.0 Å². The van der Waals surface area contributed by atoms with Crippen molar-refractivity contribution < 1.29 is 22.7 Å². The number of benzene rings is 2. The molecule has 1 fully saturated rings. The number of sulfonamides is 1. The molecule has 2 aliphatic heterocycles. The van der Waals surface area contributed by atoms with E-state index in [9.17, 15) is 13.2 Å². The first-order chi connectivity index (χ1) is 17.9. The molecule has 3 heterocycles. The zero-order valence-corrected chi connectivity index (χ0v) is 22.5. The number of amides is 1. The Bertz CT molecular complexity index is 1300. The Kier molecular flexibility index (Phi) is 7.95. The van der Waals surface area contributed by atoms with Gasteiger partial charge in [0.25, 0.3) is 0 Å². The maximum atomic E-state index is 13.8. The lowest BCUT2D eigenvalue weighted by Gasteiger charge is -2.37. The predicted octanol–water partition coefficient (Wildman–Crippen LogP) is 4.43. The second kappa shape index (κ2) is 11.3. The number of carbonyl (C=O) groups is 1. The molecule has 0 spiro atoms. The average Bonchev–Trinajstić information content (AvgIpc) is 3.60. The maximum Gasteiger partial charge on any atom is 0.243 e. The van der Waals surface area contributed by atoms with E-state index in [1.54, 1.807) is 40.5 Å². The molecule has 196 valence electrons. The van der Waals surface area contributed by atoms with Crippen LogP contribution in [-0.4, -0.2) is 62.5 Å². The van der Waals surface area contributed by atoms with Crippen LogP contribution in [0.4, 0.5) is 0 Å². The predicted molar refractivity (Wildman–Crippen MR) is 143 cm³/mol. The summed E-state index contributed by atoms with van der Waals surface area (Å²) in [7, 11) is -3.88. The molecule has 0 N–H and O–H groups in total. The first-order valence-corrected chi connectivity index (χ1v) is 15.0. The normalized spacial score (nSPS) is 19.7. The molecule has 2 unspecified atom stereocenters. The third kappa shape index (κ3) is 5.90. The molecule has 7 nitrogen and oxygen atoms in total. The number of carbonyl (C=O) groups excluding carboxylic acids is 1. The lowest BCUT2D eigenvalue weighted by atomic mass is 10.0. The van der Waals surface area contributed by atoms with Crippen molar-refractivity contribution in [3.63, 3.8) is 0 Å². The minimum absolute atomic E-state index is 0.157. The van der Waals surface area contributed by atoms with Crippen LogP contribution >= 0.6 is 11.3 Å². The SMILES string of the molecule is Cc1ccc(S(=O)(=O)N(CC(=O)N2CCc3sccc3C2COc2ccccc2)CC2CCCO2)cc1. The van der Waals surface area contributed by atoms with Crippen LogP contribution in [0.5, 0.6) is 5.75 Å². The molecule has 0 radical (unpaired) electrons. The first kappa shape index (κ1) is 25.9. The maximum absolute atomic E-state index is 13.8. The Balaban J connectivity index is 1.39. The summed E-state index contributed by atoms with van der Waals surface area (Å²) in [5, 5.41) is 2.04. The van der Waals surface area contributed by atoms with Crippen LogP contribution in [0, 0.1) is 6.92 Å². The van der Waals surface area contributed by atoms with Crippen molar-refractivity contribution in [3.8, 4) is 5.75 Å². The van der Waals surface area contributed by atoms with Crippen molar-refractivity contribution in [1.82, 2.24) is 9.21 Å². The fraction of sp³-hybridized carbons (Fsp3) is 0.393. The molecule has 0 saturated carbocycles. The molecule has 3 aromatic rings. The summed E-state index contributed by atoms with van der Waals surface area (Å²) < 4.78 is 40.5. The minimum atomic E-state index is -3.88. The minimum Gasteiger partial charge on any atom is -0.491 e. The molecule has 9 heteroatoms. The van der Waals surface area contributed by atoms with Gasteiger partial charge in [0.05, 0.1) is 23.6 Å². The van der Waals surface area contributed by atoms with E-state index in [1.165, 1.54) is 9.18 Å². The van der Waals surface area contributed by atoms with E-state index in [0.29, 0.717) is 19.8 Å². The molecule has 37 heavy (non-hydrogen) atoms. The van der Waals surface area contributed by atoms with Crippen LogP contribution in [0.3, 0.4) is 0 Å². The van der Waals surface area contributed by atoms with E-state index in [4.69, 9.17) is 9.47 Å². The van der Waals surface area contributed by atoms with Crippen molar-refractivity contribution in [2.45, 2.75) is 43.2 Å². The quantitative estimate of drug-likeness (QED) is 0.401. The van der Waals surface area contributed by atoms with Gasteiger partial charge in [-0.2, -0.15) is 4.31 Å². The monoisotopic (exact) mass is 540 g/mol. The molecule has 5 rings (SSSR count). The Morgan fingerprint density at radius 3 is 2.65 bits per heavy atom. The highest BCUT2D eigenvalue weighted by Crippen LogP contribution is 2.34. The zero-order valence-electron chi connectivity index (χ0n) is 20.9. The molecule has 2 aliphatic rings. The van der Waals surface area contributed by atoms with E-state index < -0.39 is 10.0 Å². The lowest BCUT2D eigenvalue weighted by Crippen LogP contribution is -2.49. The van der Waals surface area contributed by atoms with Gasteiger partial charge in [0, 0.05) is 24.6 Å². The number of thiophene rings is 1. The Morgan fingerprint density at radius 2 is 1.92 bits per heavy atom. The average molecular weight is 541 g/mol. The summed E-state index contributed by atoms with van der Waals surface area (Å²) in [4.78, 5) is 17.0. The van der Waals surface area contributed by atoms with Crippen molar-refractivity contribution >= 4 is 27.3 Å². The largest absolute Gasteiger partial charge is 0.491 e. The van der Waals surface area contributed by atoms with Gasteiger partial charge in [-0.05, 0) is 67.5 Å². The summed E-state index contributed by atoms with van der Waals surface area (Å²) in [5.41, 5.74) is 2.05. The molecule has 0 bridgehead atoms. The number of para-hydroxylation sites is 1. The van der Waals surface area contributed by atoms with Crippen LogP contribution in [0.25, 0.3) is 0 Å². The van der Waals surface area contributed by atoms with Gasteiger partial charge in [-0.3, -0.25) is 4.79 Å². The summed E-state index contributed by atoms with van der Waals surface area (Å²) in [6, 6.07) is 18.1. The van der Waals surface area contributed by atoms with Crippen LogP contribution in [0.2, 0.25) is 0 Å². The highest BCUT2D eigenvalue weighted by Gasteiger charge is 2.36. The van der Waals surface area contributed by atoms with Gasteiger partial charge in [0.2, 0.25) is 15.9 Å². The van der Waals surface area contributed by atoms with Gasteiger partial charge in [0.15, 0.2) is 0 Å². The van der Waals surface area contributed by atoms with Crippen molar-refractivity contribution in [2.75, 3.05) is 32.8 Å². The lowest BCUT2D eigenvalue weighted by molar-refractivity contribution is -0.135. The molecule has 1 saturated heterocycles. The number of rotatable bonds is 9. The van der Waals surface area contributed by atoms with Gasteiger partial charge in [-0.25, -0.2) is 8.42 Å². The molecular formula is C28H32N2O5S2. The number of fused-ring (bicyclic) bond motifs is 1. The number of ether oxygens (including phenoxy) is 2. The fourth-order valence-electron chi connectivity index (χ4n) is 4.93. The third-order valence-electron chi connectivity index (χ3n) is 6.97. The number of hydrogen-bond donors (Lipinski definition) is 0. The van der Waals surface area contributed by atoms with Gasteiger partial charge in [0.1, 0.15) is 12.4 Å². The van der Waals surface area contributed by atoms with E-state index in [1.807, 2.05) is 48.7 Å². The summed E-state index contributed by atoms with van der Waals surface area (Å²) in [6.45, 7) is 3.27. The van der Waals surface area contributed by atoms with Gasteiger partial charge >= 0.3 is 0 Å². The molecule has 1 amide bonds. The molecule has 2 atom stereocenters. The van der Waals surface area contributed by atoms with Crippen LogP contribution < -0.4 is 4.74 Å². The number of hydrogen-bond acceptors (Lipinski definition) is 6. The van der Waals surface area contributed by atoms with E-state index >= 15 is 0 Å². The van der Waals surface area contributed by atoms with E-state index in [-0.39, 0.29) is 36.0 Å². The summed E-state index contributed by atoms with van der Waals surface area (Å²) in [6.07, 6.45) is 2.21. The van der Waals surface area contributed by atoms with Gasteiger partial charge in [-0.1, -0.05) is 35.9 Å². The highest BCUT2D eigenvalue weighted by molar-refractivity contribution is 7.89. The van der Waals surface area contributed by atoms with E-state index in [2.05, 4.69) is 0 Å². The van der Waals surface area contributed by atoms with E-state index in [0.717, 1.165) is 36.1 Å². The van der Waals surface area contributed by atoms with Crippen LogP contribution in [0.1, 0.15) is 34.9 Å². The summed E-state index contributed by atoms with van der Waals surface area (Å²) >= 11 is 1.69. The smallest absolute Gasteiger partial charge is 0.243 e. The summed E-state index contributed by atoms with van der Waals surface area (Å²) in [5.74, 6) is 0.506. The van der Waals surface area contributed by atoms with Gasteiger partial charge < -0.3 is 14.4 Å².